The number of rotatable bonds is 5. The first-order chi connectivity index (χ1) is 14.0. The Morgan fingerprint density at radius 3 is 2.66 bits per heavy atom. The summed E-state index contributed by atoms with van der Waals surface area (Å²) < 4.78 is 5.21. The fourth-order valence-corrected chi connectivity index (χ4v) is 3.94. The van der Waals surface area contributed by atoms with E-state index in [0.717, 1.165) is 66.3 Å². The summed E-state index contributed by atoms with van der Waals surface area (Å²) >= 11 is 0. The molecule has 7 nitrogen and oxygen atoms in total. The maximum atomic E-state index is 12.9. The van der Waals surface area contributed by atoms with E-state index in [1.807, 2.05) is 44.0 Å². The number of nitrogens with zero attached hydrogens (tertiary/aromatic N) is 5. The van der Waals surface area contributed by atoms with Gasteiger partial charge in [0, 0.05) is 30.7 Å². The van der Waals surface area contributed by atoms with E-state index in [9.17, 15) is 4.79 Å². The van der Waals surface area contributed by atoms with E-state index in [4.69, 9.17) is 4.52 Å². The number of hydrogen-bond acceptors (Lipinski definition) is 6. The summed E-state index contributed by atoms with van der Waals surface area (Å²) in [5.41, 5.74) is 4.99. The molecule has 0 aliphatic carbocycles. The molecule has 1 unspecified atom stereocenters. The minimum atomic E-state index is 0.0693. The Kier molecular flexibility index (Phi) is 5.38. The van der Waals surface area contributed by atoms with Crippen molar-refractivity contribution in [3.05, 3.63) is 59.1 Å². The third-order valence-electron chi connectivity index (χ3n) is 5.52. The van der Waals surface area contributed by atoms with Crippen LogP contribution >= 0.6 is 0 Å². The van der Waals surface area contributed by atoms with Crippen LogP contribution in [0.3, 0.4) is 0 Å². The lowest BCUT2D eigenvalue weighted by Gasteiger charge is -2.24. The van der Waals surface area contributed by atoms with Crippen LogP contribution in [0.15, 0.2) is 35.2 Å². The topological polar surface area (TPSA) is 85.0 Å². The Bertz CT molecular complexity index is 976. The fraction of sp³-hybridized carbons (Fsp3) is 0.409. The van der Waals surface area contributed by atoms with E-state index < -0.39 is 0 Å². The van der Waals surface area contributed by atoms with Gasteiger partial charge in [-0.3, -0.25) is 19.7 Å². The Labute approximate surface area is 170 Å². The van der Waals surface area contributed by atoms with Crippen molar-refractivity contribution in [3.8, 4) is 11.3 Å². The average Bonchev–Trinajstić information content (AvgIpc) is 3.33. The Morgan fingerprint density at radius 1 is 1.14 bits per heavy atom. The molecule has 150 valence electrons. The van der Waals surface area contributed by atoms with Gasteiger partial charge >= 0.3 is 0 Å². The van der Waals surface area contributed by atoms with Gasteiger partial charge < -0.3 is 9.42 Å². The third kappa shape index (κ3) is 4.04. The molecule has 3 aromatic heterocycles. The maximum absolute atomic E-state index is 12.9. The van der Waals surface area contributed by atoms with Crippen molar-refractivity contribution in [2.75, 3.05) is 6.54 Å². The first-order valence-corrected chi connectivity index (χ1v) is 10.0. The zero-order valence-electron chi connectivity index (χ0n) is 17.1. The van der Waals surface area contributed by atoms with Crippen LogP contribution in [0.25, 0.3) is 11.3 Å². The Hall–Kier alpha value is -3.09. The first-order valence-electron chi connectivity index (χ1n) is 10.0. The van der Waals surface area contributed by atoms with Crippen molar-refractivity contribution in [2.24, 2.45) is 0 Å². The lowest BCUT2D eigenvalue weighted by molar-refractivity contribution is 0.0730. The van der Waals surface area contributed by atoms with E-state index in [1.54, 1.807) is 12.4 Å². The quantitative estimate of drug-likeness (QED) is 0.659. The van der Waals surface area contributed by atoms with E-state index >= 15 is 0 Å². The Balaban J connectivity index is 1.40. The monoisotopic (exact) mass is 391 g/mol. The molecule has 3 aromatic rings. The molecule has 1 fully saturated rings. The van der Waals surface area contributed by atoms with Crippen molar-refractivity contribution >= 4 is 5.91 Å². The van der Waals surface area contributed by atoms with Crippen molar-refractivity contribution in [1.29, 1.82) is 0 Å². The molecule has 0 saturated carbocycles. The minimum Gasteiger partial charge on any atom is -0.361 e. The van der Waals surface area contributed by atoms with E-state index in [0.29, 0.717) is 5.56 Å². The van der Waals surface area contributed by atoms with Gasteiger partial charge in [0.05, 0.1) is 34.4 Å². The largest absolute Gasteiger partial charge is 0.361 e. The molecule has 1 atom stereocenters. The fourth-order valence-electron chi connectivity index (χ4n) is 3.94. The van der Waals surface area contributed by atoms with Crippen LogP contribution in [-0.2, 0) is 6.42 Å². The molecule has 7 heteroatoms. The predicted molar refractivity (Wildman–Crippen MR) is 108 cm³/mol. The van der Waals surface area contributed by atoms with Gasteiger partial charge in [-0.25, -0.2) is 0 Å². The van der Waals surface area contributed by atoms with Gasteiger partial charge in [-0.15, -0.1) is 0 Å². The maximum Gasteiger partial charge on any atom is 0.255 e. The summed E-state index contributed by atoms with van der Waals surface area (Å²) in [6.45, 7) is 6.50. The molecule has 0 radical (unpaired) electrons. The van der Waals surface area contributed by atoms with Crippen LogP contribution in [0.2, 0.25) is 0 Å². The van der Waals surface area contributed by atoms with Gasteiger partial charge in [0.2, 0.25) is 0 Å². The van der Waals surface area contributed by atoms with Crippen molar-refractivity contribution in [1.82, 2.24) is 25.0 Å². The standard InChI is InChI=1S/C22H25N5O2/c1-14-6-7-17(11-23-14)22(28)27-10-4-5-19(27)9-8-18-12-25-20(13-24-18)21-15(2)26-29-16(21)3/h6-7,11-13,19H,4-5,8-10H2,1-3H3. The zero-order valence-corrected chi connectivity index (χ0v) is 17.1. The van der Waals surface area contributed by atoms with Crippen molar-refractivity contribution in [3.63, 3.8) is 0 Å². The first kappa shape index (κ1) is 19.2. The molecule has 0 spiro atoms. The Morgan fingerprint density at radius 2 is 2.00 bits per heavy atom. The number of aryl methyl sites for hydroxylation is 4. The predicted octanol–water partition coefficient (Wildman–Crippen LogP) is 3.69. The number of carbonyl (C=O) groups is 1. The number of hydrogen-bond donors (Lipinski definition) is 0. The van der Waals surface area contributed by atoms with Crippen molar-refractivity contribution < 1.29 is 9.32 Å². The summed E-state index contributed by atoms with van der Waals surface area (Å²) in [5.74, 6) is 0.815. The van der Waals surface area contributed by atoms with Crippen LogP contribution in [-0.4, -0.2) is 43.5 Å². The van der Waals surface area contributed by atoms with Gasteiger partial charge in [0.15, 0.2) is 0 Å². The van der Waals surface area contributed by atoms with Gasteiger partial charge in [0.25, 0.3) is 5.91 Å². The van der Waals surface area contributed by atoms with Gasteiger partial charge in [0.1, 0.15) is 5.76 Å². The van der Waals surface area contributed by atoms with Gasteiger partial charge in [-0.1, -0.05) is 5.16 Å². The molecule has 4 rings (SSSR count). The van der Waals surface area contributed by atoms with Crippen LogP contribution in [0.5, 0.6) is 0 Å². The summed E-state index contributed by atoms with van der Waals surface area (Å²) in [4.78, 5) is 28.2. The van der Waals surface area contributed by atoms with Gasteiger partial charge in [-0.2, -0.15) is 0 Å². The summed E-state index contributed by atoms with van der Waals surface area (Å²) in [6, 6.07) is 3.97. The van der Waals surface area contributed by atoms with Gasteiger partial charge in [-0.05, 0) is 58.6 Å². The molecular weight excluding hydrogens is 366 g/mol. The lowest BCUT2D eigenvalue weighted by Crippen LogP contribution is -2.35. The number of pyridine rings is 1. The molecular formula is C22H25N5O2. The zero-order chi connectivity index (χ0) is 20.4. The molecule has 1 aliphatic heterocycles. The number of amides is 1. The molecule has 1 saturated heterocycles. The SMILES string of the molecule is Cc1ccc(C(=O)N2CCCC2CCc2cnc(-c3c(C)noc3C)cn2)cn1. The molecule has 1 amide bonds. The highest BCUT2D eigenvalue weighted by molar-refractivity contribution is 5.94. The normalized spacial score (nSPS) is 16.4. The third-order valence-corrected chi connectivity index (χ3v) is 5.52. The molecule has 4 heterocycles. The summed E-state index contributed by atoms with van der Waals surface area (Å²) in [7, 11) is 0. The van der Waals surface area contributed by atoms with E-state index in [-0.39, 0.29) is 11.9 Å². The summed E-state index contributed by atoms with van der Waals surface area (Å²) in [6.07, 6.45) is 8.98. The second-order valence-corrected chi connectivity index (χ2v) is 7.61. The van der Waals surface area contributed by atoms with E-state index in [2.05, 4.69) is 20.1 Å². The summed E-state index contributed by atoms with van der Waals surface area (Å²) in [5, 5.41) is 3.97. The highest BCUT2D eigenvalue weighted by atomic mass is 16.5. The van der Waals surface area contributed by atoms with Crippen molar-refractivity contribution in [2.45, 2.75) is 52.5 Å². The smallest absolute Gasteiger partial charge is 0.255 e. The van der Waals surface area contributed by atoms with Crippen LogP contribution in [0.1, 0.15) is 52.5 Å². The molecule has 1 aliphatic rings. The molecule has 0 bridgehead atoms. The van der Waals surface area contributed by atoms with Crippen LogP contribution < -0.4 is 0 Å². The second kappa shape index (κ2) is 8.11. The number of carbonyl (C=O) groups excluding carboxylic acids is 1. The van der Waals surface area contributed by atoms with Crippen LogP contribution in [0, 0.1) is 20.8 Å². The number of likely N-dealkylation sites (tertiary alicyclic amines) is 1. The number of aromatic nitrogens is 4. The van der Waals surface area contributed by atoms with Crippen LogP contribution in [0.4, 0.5) is 0 Å². The second-order valence-electron chi connectivity index (χ2n) is 7.61. The minimum absolute atomic E-state index is 0.0693. The highest BCUT2D eigenvalue weighted by Crippen LogP contribution is 2.26. The molecule has 0 N–H and O–H groups in total. The molecule has 29 heavy (non-hydrogen) atoms. The molecule has 0 aromatic carbocycles. The lowest BCUT2D eigenvalue weighted by atomic mass is 10.1. The van der Waals surface area contributed by atoms with E-state index in [1.165, 1.54) is 0 Å². The highest BCUT2D eigenvalue weighted by Gasteiger charge is 2.29. The average molecular weight is 391 g/mol.